The number of benzene rings is 1. The maximum atomic E-state index is 12.3. The van der Waals surface area contributed by atoms with Crippen LogP contribution in [0.1, 0.15) is 29.3 Å². The minimum Gasteiger partial charge on any atom is -0.439 e. The van der Waals surface area contributed by atoms with Crippen molar-refractivity contribution in [1.29, 1.82) is 0 Å². The molecule has 1 amide bonds. The van der Waals surface area contributed by atoms with E-state index < -0.39 is 0 Å². The van der Waals surface area contributed by atoms with E-state index in [1.807, 2.05) is 19.1 Å². The van der Waals surface area contributed by atoms with E-state index in [-0.39, 0.29) is 11.9 Å². The first kappa shape index (κ1) is 16.5. The van der Waals surface area contributed by atoms with E-state index in [1.165, 1.54) is 0 Å². The standard InChI is InChI=1S/C19H23N3O2/c1-13-3-8-18(21-11-13)24-17-6-4-15(5-7-17)19(23)22-14(2)16-9-10-20-12-16/h3-8,11,14,16,20H,9-10,12H2,1-2H3,(H,22,23). The number of rotatable bonds is 5. The number of aryl methyl sites for hydroxylation is 1. The first-order valence-electron chi connectivity index (χ1n) is 8.34. The molecular formula is C19H23N3O2. The van der Waals surface area contributed by atoms with Crippen molar-refractivity contribution in [2.75, 3.05) is 13.1 Å². The van der Waals surface area contributed by atoms with Gasteiger partial charge in [0, 0.05) is 23.9 Å². The van der Waals surface area contributed by atoms with Crippen molar-refractivity contribution in [3.63, 3.8) is 0 Å². The molecule has 5 heteroatoms. The van der Waals surface area contributed by atoms with E-state index in [2.05, 4.69) is 22.5 Å². The number of pyridine rings is 1. The molecule has 24 heavy (non-hydrogen) atoms. The Kier molecular flexibility index (Phi) is 5.11. The van der Waals surface area contributed by atoms with Gasteiger partial charge in [0.15, 0.2) is 0 Å². The molecule has 1 saturated heterocycles. The van der Waals surface area contributed by atoms with E-state index in [0.29, 0.717) is 23.1 Å². The Bertz CT molecular complexity index is 677. The molecule has 5 nitrogen and oxygen atoms in total. The minimum atomic E-state index is -0.0468. The highest BCUT2D eigenvalue weighted by Gasteiger charge is 2.22. The molecule has 3 rings (SSSR count). The lowest BCUT2D eigenvalue weighted by Crippen LogP contribution is -2.38. The van der Waals surface area contributed by atoms with Gasteiger partial charge in [0.2, 0.25) is 5.88 Å². The van der Waals surface area contributed by atoms with Gasteiger partial charge in [-0.15, -0.1) is 0 Å². The van der Waals surface area contributed by atoms with Crippen LogP contribution in [0.15, 0.2) is 42.6 Å². The van der Waals surface area contributed by atoms with Crippen molar-refractivity contribution in [3.8, 4) is 11.6 Å². The van der Waals surface area contributed by atoms with Crippen molar-refractivity contribution < 1.29 is 9.53 Å². The number of hydrogen-bond acceptors (Lipinski definition) is 4. The fourth-order valence-electron chi connectivity index (χ4n) is 2.82. The van der Waals surface area contributed by atoms with Gasteiger partial charge in [-0.2, -0.15) is 0 Å². The van der Waals surface area contributed by atoms with E-state index in [9.17, 15) is 4.79 Å². The molecule has 0 spiro atoms. The molecule has 2 heterocycles. The normalized spacial score (nSPS) is 18.2. The topological polar surface area (TPSA) is 63.2 Å². The summed E-state index contributed by atoms with van der Waals surface area (Å²) in [4.78, 5) is 16.5. The average molecular weight is 325 g/mol. The Balaban J connectivity index is 1.59. The summed E-state index contributed by atoms with van der Waals surface area (Å²) in [5, 5.41) is 6.41. The number of amides is 1. The highest BCUT2D eigenvalue weighted by molar-refractivity contribution is 5.94. The van der Waals surface area contributed by atoms with Crippen molar-refractivity contribution >= 4 is 5.91 Å². The Morgan fingerprint density at radius 1 is 1.29 bits per heavy atom. The molecule has 0 radical (unpaired) electrons. The van der Waals surface area contributed by atoms with Gasteiger partial charge in [0.1, 0.15) is 5.75 Å². The van der Waals surface area contributed by atoms with E-state index in [4.69, 9.17) is 4.74 Å². The first-order valence-corrected chi connectivity index (χ1v) is 8.34. The molecule has 1 fully saturated rings. The molecule has 0 aliphatic carbocycles. The number of aromatic nitrogens is 1. The highest BCUT2D eigenvalue weighted by atomic mass is 16.5. The van der Waals surface area contributed by atoms with Crippen LogP contribution in [0.3, 0.4) is 0 Å². The van der Waals surface area contributed by atoms with Crippen LogP contribution in [0, 0.1) is 12.8 Å². The zero-order chi connectivity index (χ0) is 16.9. The molecule has 1 aromatic heterocycles. The number of ether oxygens (including phenoxy) is 1. The van der Waals surface area contributed by atoms with Crippen LogP contribution in [0.2, 0.25) is 0 Å². The minimum absolute atomic E-state index is 0.0468. The van der Waals surface area contributed by atoms with Crippen LogP contribution >= 0.6 is 0 Å². The van der Waals surface area contributed by atoms with Crippen LogP contribution in [0.5, 0.6) is 11.6 Å². The number of nitrogens with one attached hydrogen (secondary N) is 2. The molecule has 2 N–H and O–H groups in total. The molecule has 2 atom stereocenters. The van der Waals surface area contributed by atoms with Gasteiger partial charge in [-0.25, -0.2) is 4.98 Å². The molecule has 126 valence electrons. The van der Waals surface area contributed by atoms with Crippen molar-refractivity contribution in [1.82, 2.24) is 15.6 Å². The van der Waals surface area contributed by atoms with Crippen LogP contribution < -0.4 is 15.4 Å². The summed E-state index contributed by atoms with van der Waals surface area (Å²) in [6.45, 7) is 6.05. The number of nitrogens with zero attached hydrogens (tertiary/aromatic N) is 1. The molecule has 0 bridgehead atoms. The second-order valence-corrected chi connectivity index (χ2v) is 6.32. The lowest BCUT2D eigenvalue weighted by Gasteiger charge is -2.19. The van der Waals surface area contributed by atoms with Crippen LogP contribution in [0.4, 0.5) is 0 Å². The average Bonchev–Trinajstić information content (AvgIpc) is 3.12. The Morgan fingerprint density at radius 2 is 2.08 bits per heavy atom. The summed E-state index contributed by atoms with van der Waals surface area (Å²) >= 11 is 0. The van der Waals surface area contributed by atoms with Crippen LogP contribution in [-0.4, -0.2) is 30.0 Å². The van der Waals surface area contributed by atoms with Gasteiger partial charge in [0.25, 0.3) is 5.91 Å². The molecule has 0 saturated carbocycles. The predicted octanol–water partition coefficient (Wildman–Crippen LogP) is 2.91. The van der Waals surface area contributed by atoms with Gasteiger partial charge < -0.3 is 15.4 Å². The number of carbonyl (C=O) groups is 1. The van der Waals surface area contributed by atoms with Gasteiger partial charge in [0.05, 0.1) is 0 Å². The summed E-state index contributed by atoms with van der Waals surface area (Å²) in [5.74, 6) is 1.66. The summed E-state index contributed by atoms with van der Waals surface area (Å²) < 4.78 is 5.68. The Labute approximate surface area is 142 Å². The largest absolute Gasteiger partial charge is 0.439 e. The fourth-order valence-corrected chi connectivity index (χ4v) is 2.82. The molecule has 2 unspecified atom stereocenters. The van der Waals surface area contributed by atoms with Gasteiger partial charge in [-0.1, -0.05) is 6.07 Å². The van der Waals surface area contributed by atoms with Gasteiger partial charge >= 0.3 is 0 Å². The predicted molar refractivity (Wildman–Crippen MR) is 93.4 cm³/mol. The first-order chi connectivity index (χ1) is 11.6. The molecule has 1 aliphatic rings. The van der Waals surface area contributed by atoms with Gasteiger partial charge in [-0.3, -0.25) is 4.79 Å². The molecular weight excluding hydrogens is 302 g/mol. The van der Waals surface area contributed by atoms with Crippen molar-refractivity contribution in [2.24, 2.45) is 5.92 Å². The highest BCUT2D eigenvalue weighted by Crippen LogP contribution is 2.20. The molecule has 1 aromatic carbocycles. The Morgan fingerprint density at radius 3 is 2.71 bits per heavy atom. The monoisotopic (exact) mass is 325 g/mol. The lowest BCUT2D eigenvalue weighted by atomic mass is 10.0. The maximum Gasteiger partial charge on any atom is 0.251 e. The van der Waals surface area contributed by atoms with Gasteiger partial charge in [-0.05, 0) is 69.1 Å². The van der Waals surface area contributed by atoms with Crippen LogP contribution in [0.25, 0.3) is 0 Å². The fraction of sp³-hybridized carbons (Fsp3) is 0.368. The second kappa shape index (κ2) is 7.45. The van der Waals surface area contributed by atoms with E-state index >= 15 is 0 Å². The quantitative estimate of drug-likeness (QED) is 0.887. The maximum absolute atomic E-state index is 12.3. The third kappa shape index (κ3) is 4.11. The molecule has 1 aliphatic heterocycles. The smallest absolute Gasteiger partial charge is 0.251 e. The van der Waals surface area contributed by atoms with Crippen molar-refractivity contribution in [2.45, 2.75) is 26.3 Å². The van der Waals surface area contributed by atoms with Crippen molar-refractivity contribution in [3.05, 3.63) is 53.7 Å². The lowest BCUT2D eigenvalue weighted by molar-refractivity contribution is 0.0929. The third-order valence-electron chi connectivity index (χ3n) is 4.39. The third-order valence-corrected chi connectivity index (χ3v) is 4.39. The zero-order valence-electron chi connectivity index (χ0n) is 14.1. The van der Waals surface area contributed by atoms with Crippen LogP contribution in [-0.2, 0) is 0 Å². The summed E-state index contributed by atoms with van der Waals surface area (Å²) in [6.07, 6.45) is 2.87. The summed E-state index contributed by atoms with van der Waals surface area (Å²) in [5.41, 5.74) is 1.72. The van der Waals surface area contributed by atoms with E-state index in [0.717, 1.165) is 25.1 Å². The zero-order valence-corrected chi connectivity index (χ0v) is 14.1. The Hall–Kier alpha value is -2.40. The number of carbonyl (C=O) groups excluding carboxylic acids is 1. The van der Waals surface area contributed by atoms with E-state index in [1.54, 1.807) is 30.5 Å². The SMILES string of the molecule is Cc1ccc(Oc2ccc(C(=O)NC(C)C3CCNC3)cc2)nc1. The second-order valence-electron chi connectivity index (χ2n) is 6.32. The molecule has 2 aromatic rings. The number of hydrogen-bond donors (Lipinski definition) is 2. The summed E-state index contributed by atoms with van der Waals surface area (Å²) in [7, 11) is 0. The summed E-state index contributed by atoms with van der Waals surface area (Å²) in [6, 6.07) is 11.1.